The van der Waals surface area contributed by atoms with Crippen LogP contribution in [0.25, 0.3) is 27.9 Å². The van der Waals surface area contributed by atoms with Crippen LogP contribution >= 0.6 is 11.6 Å². The summed E-state index contributed by atoms with van der Waals surface area (Å²) < 4.78 is 46.2. The molecule has 0 saturated carbocycles. The molecule has 0 amide bonds. The van der Waals surface area contributed by atoms with Gasteiger partial charge in [-0.2, -0.15) is 0 Å². The van der Waals surface area contributed by atoms with Crippen molar-refractivity contribution in [1.29, 1.82) is 0 Å². The average molecular weight is 530 g/mol. The number of hydrogen-bond donors (Lipinski definition) is 2. The normalized spacial score (nSPS) is 18.9. The van der Waals surface area contributed by atoms with Crippen molar-refractivity contribution in [2.45, 2.75) is 18.4 Å². The van der Waals surface area contributed by atoms with Crippen molar-refractivity contribution in [2.24, 2.45) is 12.8 Å². The summed E-state index contributed by atoms with van der Waals surface area (Å²) in [5.74, 6) is -3.73. The molecule has 0 aliphatic carbocycles. The van der Waals surface area contributed by atoms with E-state index in [1.807, 2.05) is 0 Å². The van der Waals surface area contributed by atoms with E-state index in [0.29, 0.717) is 16.8 Å². The fourth-order valence-electron chi connectivity index (χ4n) is 4.47. The molecule has 0 bridgehead atoms. The number of rotatable bonds is 4. The first-order chi connectivity index (χ1) is 17.4. The number of anilines is 1. The Bertz CT molecular complexity index is 1560. The molecule has 5 rings (SSSR count). The maximum atomic E-state index is 14.8. The van der Waals surface area contributed by atoms with Gasteiger partial charge in [0, 0.05) is 43.3 Å². The summed E-state index contributed by atoms with van der Waals surface area (Å²) in [6.45, 7) is 0.560. The van der Waals surface area contributed by atoms with Gasteiger partial charge in [-0.1, -0.05) is 17.7 Å². The molecule has 0 radical (unpaired) electrons. The summed E-state index contributed by atoms with van der Waals surface area (Å²) in [5.41, 5.74) is 5.33. The zero-order valence-corrected chi connectivity index (χ0v) is 20.7. The van der Waals surface area contributed by atoms with Gasteiger partial charge in [0.2, 0.25) is 0 Å². The van der Waals surface area contributed by atoms with Crippen molar-refractivity contribution in [3.05, 3.63) is 82.4 Å². The predicted molar refractivity (Wildman–Crippen MR) is 136 cm³/mol. The largest absolute Gasteiger partial charge is 0.507 e. The molecule has 1 aliphatic rings. The highest BCUT2D eigenvalue weighted by Gasteiger charge is 2.55. The van der Waals surface area contributed by atoms with Crippen molar-refractivity contribution in [1.82, 2.24) is 14.1 Å². The van der Waals surface area contributed by atoms with Crippen molar-refractivity contribution in [2.75, 3.05) is 18.0 Å². The lowest BCUT2D eigenvalue weighted by molar-refractivity contribution is -0.0294. The molecule has 1 saturated heterocycles. The molecule has 192 valence electrons. The summed E-state index contributed by atoms with van der Waals surface area (Å²) in [6.07, 6.45) is 4.57. The van der Waals surface area contributed by atoms with Crippen LogP contribution in [0.1, 0.15) is 6.92 Å². The van der Waals surface area contributed by atoms with E-state index >= 15 is 0 Å². The van der Waals surface area contributed by atoms with Crippen LogP contribution in [-0.4, -0.2) is 43.8 Å². The quantitative estimate of drug-likeness (QED) is 0.404. The lowest BCUT2D eigenvalue weighted by Gasteiger charge is -2.23. The third-order valence-electron chi connectivity index (χ3n) is 6.66. The van der Waals surface area contributed by atoms with E-state index in [4.69, 9.17) is 17.3 Å². The molecule has 1 aliphatic heterocycles. The number of imidazole rings is 1. The van der Waals surface area contributed by atoms with E-state index in [9.17, 15) is 23.1 Å². The molecular weight excluding hydrogens is 507 g/mol. The third kappa shape index (κ3) is 4.25. The highest BCUT2D eigenvalue weighted by molar-refractivity contribution is 6.32. The minimum Gasteiger partial charge on any atom is -0.507 e. The Kier molecular flexibility index (Phi) is 5.84. The molecule has 37 heavy (non-hydrogen) atoms. The number of phenolic OH excluding ortho intramolecular Hbond substituents is 1. The lowest BCUT2D eigenvalue weighted by atomic mass is 9.97. The number of nitrogens with zero attached hydrogens (tertiary/aromatic N) is 4. The second-order valence-corrected chi connectivity index (χ2v) is 9.87. The summed E-state index contributed by atoms with van der Waals surface area (Å²) in [4.78, 5) is 17.8. The fourth-order valence-corrected chi connectivity index (χ4v) is 4.74. The van der Waals surface area contributed by atoms with Gasteiger partial charge in [-0.25, -0.2) is 22.9 Å². The molecule has 11 heteroatoms. The number of phenols is 1. The molecule has 1 unspecified atom stereocenters. The van der Waals surface area contributed by atoms with Gasteiger partial charge in [0.15, 0.2) is 0 Å². The number of benzene rings is 2. The maximum Gasteiger partial charge on any atom is 0.332 e. The van der Waals surface area contributed by atoms with Crippen molar-refractivity contribution in [3.63, 3.8) is 0 Å². The Morgan fingerprint density at radius 3 is 2.30 bits per heavy atom. The van der Waals surface area contributed by atoms with E-state index in [-0.39, 0.29) is 40.0 Å². The van der Waals surface area contributed by atoms with Gasteiger partial charge < -0.3 is 20.3 Å². The van der Waals surface area contributed by atoms with E-state index in [1.54, 1.807) is 37.6 Å². The van der Waals surface area contributed by atoms with E-state index < -0.39 is 23.8 Å². The maximum absolute atomic E-state index is 14.8. The van der Waals surface area contributed by atoms with E-state index in [1.165, 1.54) is 45.4 Å². The topological polar surface area (TPSA) is 89.3 Å². The predicted octanol–water partition coefficient (Wildman–Crippen LogP) is 4.58. The first-order valence-electron chi connectivity index (χ1n) is 11.3. The van der Waals surface area contributed by atoms with Crippen molar-refractivity contribution in [3.8, 4) is 33.7 Å². The molecule has 3 heterocycles. The van der Waals surface area contributed by atoms with Crippen LogP contribution in [-0.2, 0) is 7.05 Å². The third-order valence-corrected chi connectivity index (χ3v) is 6.97. The van der Waals surface area contributed by atoms with Gasteiger partial charge in [0.05, 0.1) is 22.8 Å². The van der Waals surface area contributed by atoms with Gasteiger partial charge in [-0.3, -0.25) is 4.57 Å². The summed E-state index contributed by atoms with van der Waals surface area (Å²) in [7, 11) is 1.61. The highest BCUT2D eigenvalue weighted by atomic mass is 35.5. The van der Waals surface area contributed by atoms with Gasteiger partial charge in [0.1, 0.15) is 17.4 Å². The Balaban J connectivity index is 1.54. The number of halogens is 4. The first-order valence-corrected chi connectivity index (χ1v) is 11.7. The summed E-state index contributed by atoms with van der Waals surface area (Å²) >= 11 is 6.45. The molecule has 3 N–H and O–H groups in total. The second kappa shape index (κ2) is 8.67. The van der Waals surface area contributed by atoms with Gasteiger partial charge in [0.25, 0.3) is 5.92 Å². The number of alkyl halides is 2. The van der Waals surface area contributed by atoms with Crippen LogP contribution in [0.5, 0.6) is 5.75 Å². The van der Waals surface area contributed by atoms with Gasteiger partial charge in [-0.05, 0) is 54.4 Å². The molecule has 1 atom stereocenters. The molecule has 2 aromatic heterocycles. The van der Waals surface area contributed by atoms with Crippen LogP contribution < -0.4 is 16.3 Å². The minimum absolute atomic E-state index is 0.119. The number of hydrogen-bond acceptors (Lipinski definition) is 5. The van der Waals surface area contributed by atoms with Crippen LogP contribution in [0.15, 0.2) is 65.8 Å². The number of aromatic hydroxyl groups is 1. The summed E-state index contributed by atoms with van der Waals surface area (Å²) in [6, 6.07) is 10.1. The minimum atomic E-state index is -3.12. The fraction of sp³-hybridized carbons (Fsp3) is 0.231. The SMILES string of the molecule is Cn1ccn(-c2ccc(-c3cc(F)cc(-c4ccnc(N5CC(C)(N)C(F)(F)C5)c4)c3O)cc2Cl)c1=O. The molecule has 4 aromatic rings. The molecule has 7 nitrogen and oxygen atoms in total. The monoisotopic (exact) mass is 529 g/mol. The molecule has 2 aromatic carbocycles. The Hall–Kier alpha value is -3.76. The number of aryl methyl sites for hydroxylation is 1. The average Bonchev–Trinajstić information content (AvgIpc) is 3.28. The zero-order valence-electron chi connectivity index (χ0n) is 19.9. The Morgan fingerprint density at radius 1 is 1.05 bits per heavy atom. The number of nitrogens with two attached hydrogens (primary N) is 1. The van der Waals surface area contributed by atoms with Crippen molar-refractivity contribution < 1.29 is 18.3 Å². The first kappa shape index (κ1) is 24.9. The Morgan fingerprint density at radius 2 is 1.73 bits per heavy atom. The zero-order chi connectivity index (χ0) is 26.7. The van der Waals surface area contributed by atoms with E-state index in [0.717, 1.165) is 6.07 Å². The summed E-state index contributed by atoms with van der Waals surface area (Å²) in [5, 5.41) is 11.3. The number of aromatic nitrogens is 3. The second-order valence-electron chi connectivity index (χ2n) is 9.46. The van der Waals surface area contributed by atoms with Crippen LogP contribution in [0.3, 0.4) is 0 Å². The van der Waals surface area contributed by atoms with Crippen LogP contribution in [0.4, 0.5) is 19.0 Å². The molecule has 0 spiro atoms. The van der Waals surface area contributed by atoms with Gasteiger partial charge in [-0.15, -0.1) is 0 Å². The smallest absolute Gasteiger partial charge is 0.332 e. The molecular formula is C26H23ClF3N5O2. The van der Waals surface area contributed by atoms with Gasteiger partial charge >= 0.3 is 5.69 Å². The highest BCUT2D eigenvalue weighted by Crippen LogP contribution is 2.42. The standard InChI is InChI=1S/C26H23ClF3N5O2/c1-25(31)13-34(14-26(25,29)30)22-10-16(5-6-32-22)19-12-17(28)11-18(23(19)36)15-3-4-21(20(27)9-15)35-8-7-33(2)24(35)37/h3-12,36H,13-14,31H2,1-2H3. The van der Waals surface area contributed by atoms with E-state index in [2.05, 4.69) is 4.98 Å². The van der Waals surface area contributed by atoms with Crippen LogP contribution in [0.2, 0.25) is 5.02 Å². The molecule has 1 fully saturated rings. The van der Waals surface area contributed by atoms with Crippen molar-refractivity contribution >= 4 is 17.4 Å². The van der Waals surface area contributed by atoms with Crippen LogP contribution in [0, 0.1) is 5.82 Å². The lowest BCUT2D eigenvalue weighted by Crippen LogP contribution is -2.52. The Labute approximate surface area is 215 Å². The number of pyridine rings is 1.